The number of halogens is 4. The molecule has 0 atom stereocenters. The highest BCUT2D eigenvalue weighted by molar-refractivity contribution is 5.71. The molecule has 1 aromatic rings. The summed E-state index contributed by atoms with van der Waals surface area (Å²) in [5.41, 5.74) is 4.14. The van der Waals surface area contributed by atoms with Crippen LogP contribution in [0.2, 0.25) is 0 Å². The number of rotatable bonds is 4. The Morgan fingerprint density at radius 3 is 2.56 bits per heavy atom. The minimum atomic E-state index is -5.08. The number of hydrogen-bond donors (Lipinski definition) is 2. The lowest BCUT2D eigenvalue weighted by molar-refractivity contribution is -0.275. The summed E-state index contributed by atoms with van der Waals surface area (Å²) in [4.78, 5) is 13.6. The molecule has 0 bridgehead atoms. The van der Waals surface area contributed by atoms with Gasteiger partial charge < -0.3 is 15.6 Å². The molecule has 1 rings (SSSR count). The third-order valence-corrected chi connectivity index (χ3v) is 1.91. The molecule has 9 heteroatoms. The van der Waals surface area contributed by atoms with Gasteiger partial charge >= 0.3 is 12.3 Å². The smallest absolute Gasteiger partial charge is 0.481 e. The zero-order chi connectivity index (χ0) is 13.9. The second-order valence-corrected chi connectivity index (χ2v) is 3.20. The lowest BCUT2D eigenvalue weighted by Crippen LogP contribution is -2.21. The topological polar surface area (TPSA) is 85.4 Å². The van der Waals surface area contributed by atoms with Gasteiger partial charge in [-0.05, 0) is 0 Å². The summed E-state index contributed by atoms with van der Waals surface area (Å²) in [6.07, 6.45) is -5.30. The maximum Gasteiger partial charge on any atom is 0.573 e. The fourth-order valence-corrected chi connectivity index (χ4v) is 1.25. The van der Waals surface area contributed by atoms with E-state index in [4.69, 9.17) is 10.8 Å². The molecule has 0 saturated carbocycles. The number of carbonyl (C=O) groups is 1. The van der Waals surface area contributed by atoms with Crippen molar-refractivity contribution in [3.63, 3.8) is 0 Å². The van der Waals surface area contributed by atoms with Gasteiger partial charge in [0.1, 0.15) is 5.75 Å². The number of carboxylic acid groups (broad SMARTS) is 1. The second kappa shape index (κ2) is 5.17. The molecule has 0 amide bonds. The largest absolute Gasteiger partial charge is 0.573 e. The fraction of sp³-hybridized carbons (Fsp3) is 0.333. The van der Waals surface area contributed by atoms with Crippen LogP contribution in [0.25, 0.3) is 0 Å². The molecule has 0 aliphatic rings. The van der Waals surface area contributed by atoms with Gasteiger partial charge in [-0.2, -0.15) is 4.39 Å². The van der Waals surface area contributed by atoms with Crippen molar-refractivity contribution in [3.05, 3.63) is 23.3 Å². The Kier molecular flexibility index (Phi) is 4.07. The number of alkyl halides is 3. The van der Waals surface area contributed by atoms with Crippen molar-refractivity contribution in [1.82, 2.24) is 4.98 Å². The van der Waals surface area contributed by atoms with Gasteiger partial charge in [0.15, 0.2) is 0 Å². The normalized spacial score (nSPS) is 11.4. The lowest BCUT2D eigenvalue weighted by atomic mass is 10.1. The average Bonchev–Trinajstić information content (AvgIpc) is 2.21. The zero-order valence-electron chi connectivity index (χ0n) is 8.79. The molecule has 0 spiro atoms. The summed E-state index contributed by atoms with van der Waals surface area (Å²) in [6, 6.07) is 0. The van der Waals surface area contributed by atoms with Crippen molar-refractivity contribution in [2.75, 3.05) is 0 Å². The van der Waals surface area contributed by atoms with Crippen LogP contribution in [0.3, 0.4) is 0 Å². The van der Waals surface area contributed by atoms with E-state index >= 15 is 0 Å². The quantitative estimate of drug-likeness (QED) is 0.633. The first kappa shape index (κ1) is 14.2. The molecular formula is C9H8F4N2O3. The predicted molar refractivity (Wildman–Crippen MR) is 50.1 cm³/mol. The minimum Gasteiger partial charge on any atom is -0.481 e. The summed E-state index contributed by atoms with van der Waals surface area (Å²) in [6.45, 7) is -0.398. The number of pyridine rings is 1. The van der Waals surface area contributed by atoms with E-state index in [1.54, 1.807) is 0 Å². The van der Waals surface area contributed by atoms with Gasteiger partial charge in [-0.15, -0.1) is 13.2 Å². The Labute approximate surface area is 98.2 Å². The highest BCUT2D eigenvalue weighted by Crippen LogP contribution is 2.31. The summed E-state index contributed by atoms with van der Waals surface area (Å²) >= 11 is 0. The molecule has 5 nitrogen and oxygen atoms in total. The van der Waals surface area contributed by atoms with Crippen LogP contribution in [0.4, 0.5) is 17.6 Å². The molecule has 0 aromatic carbocycles. The van der Waals surface area contributed by atoms with Crippen LogP contribution in [0.15, 0.2) is 6.20 Å². The van der Waals surface area contributed by atoms with Gasteiger partial charge in [-0.25, -0.2) is 4.98 Å². The number of nitrogens with zero attached hydrogens (tertiary/aromatic N) is 1. The number of aromatic nitrogens is 1. The van der Waals surface area contributed by atoms with Gasteiger partial charge in [0.25, 0.3) is 0 Å². The number of carboxylic acids is 1. The molecule has 0 unspecified atom stereocenters. The molecule has 100 valence electrons. The van der Waals surface area contributed by atoms with E-state index in [2.05, 4.69) is 9.72 Å². The van der Waals surface area contributed by atoms with Crippen LogP contribution in [0.5, 0.6) is 5.75 Å². The fourth-order valence-electron chi connectivity index (χ4n) is 1.25. The molecule has 0 aliphatic carbocycles. The maximum absolute atomic E-state index is 13.2. The third-order valence-electron chi connectivity index (χ3n) is 1.91. The molecular weight excluding hydrogens is 260 g/mol. The van der Waals surface area contributed by atoms with E-state index in [0.717, 1.165) is 6.20 Å². The molecule has 0 saturated heterocycles. The number of ether oxygens (including phenoxy) is 1. The summed E-state index contributed by atoms with van der Waals surface area (Å²) < 4.78 is 53.3. The highest BCUT2D eigenvalue weighted by atomic mass is 19.4. The third kappa shape index (κ3) is 3.55. The van der Waals surface area contributed by atoms with Gasteiger partial charge in [-0.3, -0.25) is 4.79 Å². The van der Waals surface area contributed by atoms with Crippen molar-refractivity contribution >= 4 is 5.97 Å². The zero-order valence-corrected chi connectivity index (χ0v) is 8.79. The van der Waals surface area contributed by atoms with Crippen molar-refractivity contribution in [2.45, 2.75) is 19.3 Å². The summed E-state index contributed by atoms with van der Waals surface area (Å²) in [5, 5.41) is 8.52. The molecule has 0 fully saturated rings. The molecule has 18 heavy (non-hydrogen) atoms. The molecule has 1 aromatic heterocycles. The molecule has 0 aliphatic heterocycles. The molecule has 3 N–H and O–H groups in total. The van der Waals surface area contributed by atoms with Gasteiger partial charge in [0.05, 0.1) is 12.0 Å². The SMILES string of the molecule is NCc1cnc(F)c(CC(=O)O)c1OC(F)(F)F. The van der Waals surface area contributed by atoms with E-state index < -0.39 is 42.6 Å². The van der Waals surface area contributed by atoms with Crippen LogP contribution >= 0.6 is 0 Å². The first-order chi connectivity index (χ1) is 8.24. The monoisotopic (exact) mass is 268 g/mol. The van der Waals surface area contributed by atoms with Crippen LogP contribution in [0, 0.1) is 5.95 Å². The van der Waals surface area contributed by atoms with Gasteiger partial charge in [0, 0.05) is 18.3 Å². The first-order valence-electron chi connectivity index (χ1n) is 4.58. The minimum absolute atomic E-state index is 0.232. The lowest BCUT2D eigenvalue weighted by Gasteiger charge is -2.15. The van der Waals surface area contributed by atoms with Crippen molar-refractivity contribution in [1.29, 1.82) is 0 Å². The Bertz CT molecular complexity index is 462. The van der Waals surface area contributed by atoms with E-state index in [0.29, 0.717) is 0 Å². The van der Waals surface area contributed by atoms with E-state index in [-0.39, 0.29) is 5.56 Å². The van der Waals surface area contributed by atoms with Gasteiger partial charge in [-0.1, -0.05) is 0 Å². The first-order valence-corrected chi connectivity index (χ1v) is 4.58. The van der Waals surface area contributed by atoms with Crippen molar-refractivity contribution in [3.8, 4) is 5.75 Å². The average molecular weight is 268 g/mol. The Hall–Kier alpha value is -1.90. The number of hydrogen-bond acceptors (Lipinski definition) is 4. The Morgan fingerprint density at radius 2 is 2.11 bits per heavy atom. The predicted octanol–water partition coefficient (Wildman–Crippen LogP) is 1.21. The van der Waals surface area contributed by atoms with Crippen LogP contribution in [0.1, 0.15) is 11.1 Å². The van der Waals surface area contributed by atoms with Crippen LogP contribution in [-0.2, 0) is 17.8 Å². The van der Waals surface area contributed by atoms with E-state index in [9.17, 15) is 22.4 Å². The highest BCUT2D eigenvalue weighted by Gasteiger charge is 2.34. The molecule has 1 heterocycles. The second-order valence-electron chi connectivity index (χ2n) is 3.20. The number of nitrogens with two attached hydrogens (primary N) is 1. The van der Waals surface area contributed by atoms with Crippen LogP contribution in [-0.4, -0.2) is 22.4 Å². The standard InChI is InChI=1S/C9H8F4N2O3/c10-8-5(1-6(16)17)7(18-9(11,12)13)4(2-14)3-15-8/h3H,1-2,14H2,(H,16,17). The van der Waals surface area contributed by atoms with Gasteiger partial charge in [0.2, 0.25) is 5.95 Å². The Balaban J connectivity index is 3.31. The van der Waals surface area contributed by atoms with Crippen LogP contribution < -0.4 is 10.5 Å². The van der Waals surface area contributed by atoms with Crippen molar-refractivity contribution in [2.24, 2.45) is 5.73 Å². The molecule has 0 radical (unpaired) electrons. The van der Waals surface area contributed by atoms with E-state index in [1.165, 1.54) is 0 Å². The maximum atomic E-state index is 13.2. The van der Waals surface area contributed by atoms with Crippen molar-refractivity contribution < 1.29 is 32.2 Å². The Morgan fingerprint density at radius 1 is 1.50 bits per heavy atom. The van der Waals surface area contributed by atoms with E-state index in [1.807, 2.05) is 0 Å². The number of aliphatic carboxylic acids is 1. The summed E-state index contributed by atoms with van der Waals surface area (Å²) in [5.74, 6) is -3.80. The summed E-state index contributed by atoms with van der Waals surface area (Å²) in [7, 11) is 0.